The molecule has 0 fully saturated rings. The van der Waals surface area contributed by atoms with Crippen LogP contribution in [-0.2, 0) is 12.6 Å². The first-order valence-corrected chi connectivity index (χ1v) is 7.38. The second kappa shape index (κ2) is 5.68. The van der Waals surface area contributed by atoms with Crippen molar-refractivity contribution in [2.75, 3.05) is 6.54 Å². The quantitative estimate of drug-likeness (QED) is 0.755. The summed E-state index contributed by atoms with van der Waals surface area (Å²) >= 11 is 6.06. The molecule has 0 radical (unpaired) electrons. The molecule has 3 rings (SSSR count). The van der Waals surface area contributed by atoms with Crippen molar-refractivity contribution in [2.45, 2.75) is 12.5 Å². The normalized spacial score (nSPS) is 13.9. The number of carbonyl (C=O) groups is 1. The highest BCUT2D eigenvalue weighted by molar-refractivity contribution is 6.32. The molecule has 120 valence electrons. The fourth-order valence-corrected chi connectivity index (χ4v) is 2.57. The Morgan fingerprint density at radius 3 is 2.96 bits per heavy atom. The van der Waals surface area contributed by atoms with Crippen molar-refractivity contribution in [1.29, 1.82) is 0 Å². The van der Waals surface area contributed by atoms with Crippen LogP contribution in [0.4, 0.5) is 0 Å². The molecule has 0 bridgehead atoms. The summed E-state index contributed by atoms with van der Waals surface area (Å²) in [5.41, 5.74) is 0.201. The van der Waals surface area contributed by atoms with Crippen LogP contribution in [0.5, 0.6) is 0 Å². The third-order valence-electron chi connectivity index (χ3n) is 3.62. The summed E-state index contributed by atoms with van der Waals surface area (Å²) in [5, 5.41) is 17.3. The number of amides is 1. The number of fused-ring (bicyclic) bond motifs is 1. The average molecular weight is 334 g/mol. The maximum absolute atomic E-state index is 12.4. The van der Waals surface area contributed by atoms with E-state index in [2.05, 4.69) is 15.4 Å². The van der Waals surface area contributed by atoms with Crippen LogP contribution in [0.15, 0.2) is 36.8 Å². The first-order valence-electron chi connectivity index (χ1n) is 7.01. The molecule has 2 N–H and O–H groups in total. The van der Waals surface area contributed by atoms with Crippen LogP contribution in [-0.4, -0.2) is 36.7 Å². The fraction of sp³-hybridized carbons (Fsp3) is 0.267. The molecule has 1 atom stereocenters. The number of hydrogen-bond acceptors (Lipinski definition) is 4. The number of hydrogen-bond donors (Lipinski definition) is 2. The summed E-state index contributed by atoms with van der Waals surface area (Å²) in [5.74, 6) is -0.405. The SMILES string of the molecule is Cn1cc(C(C)(O)CNC(=O)c2c(Cl)nc3ccccn23)cn1. The van der Waals surface area contributed by atoms with Gasteiger partial charge in [-0.25, -0.2) is 4.98 Å². The third-order valence-corrected chi connectivity index (χ3v) is 3.89. The molecule has 0 spiro atoms. The Kier molecular flexibility index (Phi) is 3.83. The van der Waals surface area contributed by atoms with Crippen LogP contribution < -0.4 is 5.32 Å². The standard InChI is InChI=1S/C15H16ClN5O2/c1-15(23,10-7-18-20(2)8-10)9-17-14(22)12-13(16)19-11-5-3-4-6-21(11)12/h3-8,23H,9H2,1-2H3,(H,17,22). The molecule has 0 aliphatic heterocycles. The Balaban J connectivity index is 1.80. The smallest absolute Gasteiger partial charge is 0.271 e. The predicted octanol–water partition coefficient (Wildman–Crippen LogP) is 1.36. The van der Waals surface area contributed by atoms with E-state index in [1.165, 1.54) is 0 Å². The van der Waals surface area contributed by atoms with Gasteiger partial charge < -0.3 is 10.4 Å². The Morgan fingerprint density at radius 1 is 1.48 bits per heavy atom. The summed E-state index contributed by atoms with van der Waals surface area (Å²) in [4.78, 5) is 16.6. The maximum atomic E-state index is 12.4. The minimum absolute atomic E-state index is 0.0217. The topological polar surface area (TPSA) is 84.5 Å². The van der Waals surface area contributed by atoms with Crippen LogP contribution in [0.1, 0.15) is 23.0 Å². The van der Waals surface area contributed by atoms with E-state index in [9.17, 15) is 9.90 Å². The molecule has 0 saturated carbocycles. The molecular formula is C15H16ClN5O2. The first-order chi connectivity index (χ1) is 10.9. The second-order valence-corrected chi connectivity index (χ2v) is 5.90. The number of pyridine rings is 1. The highest BCUT2D eigenvalue weighted by Gasteiger charge is 2.27. The third kappa shape index (κ3) is 2.93. The molecule has 0 aromatic carbocycles. The number of carbonyl (C=O) groups excluding carboxylic acids is 1. The van der Waals surface area contributed by atoms with E-state index in [0.717, 1.165) is 0 Å². The van der Waals surface area contributed by atoms with Crippen LogP contribution in [0.25, 0.3) is 5.65 Å². The predicted molar refractivity (Wildman–Crippen MR) is 85.3 cm³/mol. The van der Waals surface area contributed by atoms with Gasteiger partial charge in [0, 0.05) is 25.0 Å². The molecule has 3 heterocycles. The second-order valence-electron chi connectivity index (χ2n) is 5.54. The lowest BCUT2D eigenvalue weighted by Gasteiger charge is -2.22. The van der Waals surface area contributed by atoms with E-state index in [1.54, 1.807) is 53.8 Å². The Labute approximate surface area is 137 Å². The van der Waals surface area contributed by atoms with Crippen molar-refractivity contribution in [3.05, 3.63) is 53.2 Å². The molecular weight excluding hydrogens is 318 g/mol. The summed E-state index contributed by atoms with van der Waals surface area (Å²) in [6, 6.07) is 5.36. The number of aliphatic hydroxyl groups is 1. The molecule has 7 nitrogen and oxygen atoms in total. The van der Waals surface area contributed by atoms with E-state index in [1.807, 2.05) is 6.07 Å². The minimum Gasteiger partial charge on any atom is -0.383 e. The van der Waals surface area contributed by atoms with Gasteiger partial charge in [0.1, 0.15) is 11.2 Å². The molecule has 0 aliphatic carbocycles. The van der Waals surface area contributed by atoms with Gasteiger partial charge in [0.05, 0.1) is 12.7 Å². The van der Waals surface area contributed by atoms with E-state index < -0.39 is 11.5 Å². The van der Waals surface area contributed by atoms with Gasteiger partial charge in [-0.3, -0.25) is 13.9 Å². The molecule has 1 amide bonds. The molecule has 23 heavy (non-hydrogen) atoms. The van der Waals surface area contributed by atoms with Crippen molar-refractivity contribution in [3.8, 4) is 0 Å². The van der Waals surface area contributed by atoms with Crippen LogP contribution in [0.3, 0.4) is 0 Å². The van der Waals surface area contributed by atoms with Gasteiger partial charge >= 0.3 is 0 Å². The van der Waals surface area contributed by atoms with Gasteiger partial charge in [0.15, 0.2) is 10.8 Å². The molecule has 1 unspecified atom stereocenters. The highest BCUT2D eigenvalue weighted by atomic mass is 35.5. The number of aromatic nitrogens is 4. The summed E-state index contributed by atoms with van der Waals surface area (Å²) in [6.45, 7) is 1.63. The van der Waals surface area contributed by atoms with Crippen molar-refractivity contribution in [2.24, 2.45) is 7.05 Å². The lowest BCUT2D eigenvalue weighted by molar-refractivity contribution is 0.0524. The van der Waals surface area contributed by atoms with Crippen molar-refractivity contribution in [3.63, 3.8) is 0 Å². The Morgan fingerprint density at radius 2 is 2.26 bits per heavy atom. The van der Waals surface area contributed by atoms with Gasteiger partial charge in [-0.05, 0) is 19.1 Å². The number of imidazole rings is 1. The molecule has 0 saturated heterocycles. The van der Waals surface area contributed by atoms with Gasteiger partial charge in [0.25, 0.3) is 5.91 Å². The lowest BCUT2D eigenvalue weighted by atomic mass is 10.00. The van der Waals surface area contributed by atoms with Crippen LogP contribution in [0, 0.1) is 0 Å². The fourth-order valence-electron chi connectivity index (χ4n) is 2.31. The molecule has 3 aromatic rings. The molecule has 0 aliphatic rings. The van der Waals surface area contributed by atoms with E-state index in [0.29, 0.717) is 11.2 Å². The Hall–Kier alpha value is -2.38. The number of nitrogens with one attached hydrogen (secondary N) is 1. The highest BCUT2D eigenvalue weighted by Crippen LogP contribution is 2.20. The Bertz CT molecular complexity index is 868. The number of halogens is 1. The minimum atomic E-state index is -1.24. The van der Waals surface area contributed by atoms with Gasteiger partial charge in [-0.15, -0.1) is 0 Å². The monoisotopic (exact) mass is 333 g/mol. The zero-order valence-electron chi connectivity index (χ0n) is 12.7. The van der Waals surface area contributed by atoms with Crippen LogP contribution >= 0.6 is 11.6 Å². The molecule has 8 heteroatoms. The lowest BCUT2D eigenvalue weighted by Crippen LogP contribution is -2.38. The summed E-state index contributed by atoms with van der Waals surface area (Å²) < 4.78 is 3.20. The van der Waals surface area contributed by atoms with Gasteiger partial charge in [-0.2, -0.15) is 5.10 Å². The van der Waals surface area contributed by atoms with Crippen LogP contribution in [0.2, 0.25) is 5.15 Å². The zero-order valence-corrected chi connectivity index (χ0v) is 13.4. The van der Waals surface area contributed by atoms with E-state index in [4.69, 9.17) is 11.6 Å². The first kappa shape index (κ1) is 15.5. The van der Waals surface area contributed by atoms with E-state index in [-0.39, 0.29) is 17.4 Å². The van der Waals surface area contributed by atoms with Crippen molar-refractivity contribution in [1.82, 2.24) is 24.5 Å². The van der Waals surface area contributed by atoms with E-state index >= 15 is 0 Å². The van der Waals surface area contributed by atoms with Crippen molar-refractivity contribution >= 4 is 23.2 Å². The maximum Gasteiger partial charge on any atom is 0.271 e. The van der Waals surface area contributed by atoms with Gasteiger partial charge in [0.2, 0.25) is 0 Å². The zero-order chi connectivity index (χ0) is 16.6. The largest absolute Gasteiger partial charge is 0.383 e. The number of nitrogens with zero attached hydrogens (tertiary/aromatic N) is 4. The van der Waals surface area contributed by atoms with Crippen molar-refractivity contribution < 1.29 is 9.90 Å². The summed E-state index contributed by atoms with van der Waals surface area (Å²) in [7, 11) is 1.76. The number of rotatable bonds is 4. The average Bonchev–Trinajstić information content (AvgIpc) is 3.08. The molecule has 3 aromatic heterocycles. The summed E-state index contributed by atoms with van der Waals surface area (Å²) in [6.07, 6.45) is 4.98. The number of aryl methyl sites for hydroxylation is 1. The van der Waals surface area contributed by atoms with Gasteiger partial charge in [-0.1, -0.05) is 17.7 Å².